The first kappa shape index (κ1) is 20.8. The van der Waals surface area contributed by atoms with E-state index in [1.54, 1.807) is 56.3 Å². The Bertz CT molecular complexity index is 843. The minimum atomic E-state index is -3.93. The van der Waals surface area contributed by atoms with Gasteiger partial charge in [0.1, 0.15) is 5.78 Å². The number of sulfonamides is 1. The summed E-state index contributed by atoms with van der Waals surface area (Å²) in [6, 6.07) is 15.1. The van der Waals surface area contributed by atoms with Crippen molar-refractivity contribution in [2.45, 2.75) is 31.4 Å². The number of rotatable bonds is 9. The zero-order valence-electron chi connectivity index (χ0n) is 15.1. The van der Waals surface area contributed by atoms with E-state index in [1.165, 1.54) is 12.1 Å². The zero-order valence-corrected chi connectivity index (χ0v) is 16.8. The van der Waals surface area contributed by atoms with Crippen molar-refractivity contribution in [3.63, 3.8) is 0 Å². The van der Waals surface area contributed by atoms with Crippen LogP contribution in [0.25, 0.3) is 0 Å². The average molecular weight is 397 g/mol. The number of nitrogens with one attached hydrogen (secondary N) is 1. The van der Waals surface area contributed by atoms with Gasteiger partial charge in [-0.2, -0.15) is 4.72 Å². The van der Waals surface area contributed by atoms with E-state index in [-0.39, 0.29) is 18.1 Å². The molecule has 0 fully saturated rings. The largest absolute Gasteiger partial charge is 0.352 e. The summed E-state index contributed by atoms with van der Waals surface area (Å²) in [7, 11) is -7.69. The van der Waals surface area contributed by atoms with Crippen LogP contribution >= 0.6 is 7.60 Å². The molecule has 0 aliphatic carbocycles. The molecule has 6 nitrogen and oxygen atoms in total. The van der Waals surface area contributed by atoms with E-state index in [0.717, 1.165) is 5.56 Å². The Kier molecular flexibility index (Phi) is 7.15. The summed E-state index contributed by atoms with van der Waals surface area (Å²) in [6.45, 7) is 5.50. The summed E-state index contributed by atoms with van der Waals surface area (Å²) in [5.74, 6) is -1.14. The molecule has 8 heteroatoms. The van der Waals surface area contributed by atoms with Gasteiger partial charge in [0.05, 0.1) is 18.1 Å². The molecule has 0 radical (unpaired) electrons. The topological polar surface area (TPSA) is 81.7 Å². The van der Waals surface area contributed by atoms with Gasteiger partial charge in [-0.3, -0.25) is 4.57 Å². The molecule has 0 bridgehead atoms. The predicted octanol–water partition coefficient (Wildman–Crippen LogP) is 4.24. The van der Waals surface area contributed by atoms with Crippen molar-refractivity contribution in [3.8, 4) is 0 Å². The maximum atomic E-state index is 13.3. The normalized spacial score (nSPS) is 13.5. The average Bonchev–Trinajstić information content (AvgIpc) is 2.61. The lowest BCUT2D eigenvalue weighted by Crippen LogP contribution is -2.30. The molecule has 0 spiro atoms. The Morgan fingerprint density at radius 1 is 0.962 bits per heavy atom. The van der Waals surface area contributed by atoms with E-state index >= 15 is 0 Å². The highest BCUT2D eigenvalue weighted by molar-refractivity contribution is 7.89. The molecule has 0 saturated heterocycles. The van der Waals surface area contributed by atoms with Crippen LogP contribution in [0, 0.1) is 6.92 Å². The van der Waals surface area contributed by atoms with Gasteiger partial charge in [-0.25, -0.2) is 8.42 Å². The predicted molar refractivity (Wildman–Crippen MR) is 102 cm³/mol. The fourth-order valence-electron chi connectivity index (χ4n) is 2.43. The molecule has 0 aromatic heterocycles. The minimum absolute atomic E-state index is 0.0866. The molecule has 0 saturated carbocycles. The van der Waals surface area contributed by atoms with Crippen LogP contribution in [-0.2, 0) is 23.6 Å². The van der Waals surface area contributed by atoms with Crippen molar-refractivity contribution < 1.29 is 22.0 Å². The van der Waals surface area contributed by atoms with Crippen LogP contribution in [0.5, 0.6) is 0 Å². The van der Waals surface area contributed by atoms with E-state index in [1.807, 2.05) is 6.92 Å². The Morgan fingerprint density at radius 3 is 2.00 bits per heavy atom. The van der Waals surface area contributed by atoms with Gasteiger partial charge in [0, 0.05) is 0 Å². The van der Waals surface area contributed by atoms with Crippen molar-refractivity contribution in [1.29, 1.82) is 0 Å². The van der Waals surface area contributed by atoms with Crippen molar-refractivity contribution in [2.75, 3.05) is 13.2 Å². The third-order valence-electron chi connectivity index (χ3n) is 3.65. The Morgan fingerprint density at radius 2 is 1.50 bits per heavy atom. The maximum absolute atomic E-state index is 13.3. The van der Waals surface area contributed by atoms with Gasteiger partial charge in [-0.1, -0.05) is 48.0 Å². The van der Waals surface area contributed by atoms with Crippen molar-refractivity contribution in [3.05, 3.63) is 65.7 Å². The van der Waals surface area contributed by atoms with Crippen molar-refractivity contribution in [2.24, 2.45) is 0 Å². The fourth-order valence-corrected chi connectivity index (χ4v) is 6.05. The van der Waals surface area contributed by atoms with E-state index in [2.05, 4.69) is 4.72 Å². The molecule has 0 heterocycles. The van der Waals surface area contributed by atoms with Crippen LogP contribution in [0.3, 0.4) is 0 Å². The molecule has 2 aromatic rings. The first-order valence-corrected chi connectivity index (χ1v) is 11.4. The third kappa shape index (κ3) is 5.02. The van der Waals surface area contributed by atoms with Gasteiger partial charge in [0.2, 0.25) is 10.0 Å². The molecule has 142 valence electrons. The van der Waals surface area contributed by atoms with E-state index in [4.69, 9.17) is 9.05 Å². The summed E-state index contributed by atoms with van der Waals surface area (Å²) in [6.07, 6.45) is 0. The van der Waals surface area contributed by atoms with Crippen molar-refractivity contribution >= 4 is 17.6 Å². The molecule has 0 amide bonds. The molecule has 1 atom stereocenters. The highest BCUT2D eigenvalue weighted by Crippen LogP contribution is 2.59. The van der Waals surface area contributed by atoms with Crippen LogP contribution in [0.15, 0.2) is 59.5 Å². The fraction of sp³-hybridized carbons (Fsp3) is 0.333. The van der Waals surface area contributed by atoms with Crippen LogP contribution < -0.4 is 4.72 Å². The van der Waals surface area contributed by atoms with Crippen molar-refractivity contribution in [1.82, 2.24) is 4.72 Å². The first-order valence-electron chi connectivity index (χ1n) is 8.35. The Balaban J connectivity index is 2.47. The lowest BCUT2D eigenvalue weighted by Gasteiger charge is -2.27. The summed E-state index contributed by atoms with van der Waals surface area (Å²) in [5, 5.41) is 0. The molecule has 2 aromatic carbocycles. The molecule has 1 N–H and O–H groups in total. The maximum Gasteiger partial charge on any atom is 0.352 e. The molecule has 0 unspecified atom stereocenters. The quantitative estimate of drug-likeness (QED) is 0.640. The van der Waals surface area contributed by atoms with Gasteiger partial charge in [-0.05, 0) is 38.5 Å². The van der Waals surface area contributed by atoms with Gasteiger partial charge in [0.25, 0.3) is 0 Å². The summed E-state index contributed by atoms with van der Waals surface area (Å²) in [5.41, 5.74) is 1.45. The standard InChI is InChI=1S/C18H24NO5PS/c1-4-23-25(20,24-5-2)18(16-9-7-6-8-10-16)19-26(21,22)17-13-11-15(3)12-14-17/h6-14,18-19H,4-5H2,1-3H3/t18-/m0/s1. The smallest absolute Gasteiger partial charge is 0.308 e. The minimum Gasteiger partial charge on any atom is -0.308 e. The second-order valence-corrected chi connectivity index (χ2v) is 9.45. The van der Waals surface area contributed by atoms with Crippen LogP contribution in [0.2, 0.25) is 0 Å². The van der Waals surface area contributed by atoms with Gasteiger partial charge in [0.15, 0.2) is 0 Å². The van der Waals surface area contributed by atoms with Gasteiger partial charge >= 0.3 is 7.60 Å². The van der Waals surface area contributed by atoms with Crippen LogP contribution in [0.4, 0.5) is 0 Å². The summed E-state index contributed by atoms with van der Waals surface area (Å²) in [4.78, 5) is 0.0866. The number of aryl methyl sites for hydroxylation is 1. The first-order chi connectivity index (χ1) is 12.3. The molecule has 26 heavy (non-hydrogen) atoms. The lowest BCUT2D eigenvalue weighted by molar-refractivity contribution is 0.210. The lowest BCUT2D eigenvalue weighted by atomic mass is 10.2. The monoisotopic (exact) mass is 397 g/mol. The summed E-state index contributed by atoms with van der Waals surface area (Å²) >= 11 is 0. The Labute approximate surface area is 155 Å². The van der Waals surface area contributed by atoms with Crippen LogP contribution in [0.1, 0.15) is 30.8 Å². The van der Waals surface area contributed by atoms with Gasteiger partial charge in [-0.15, -0.1) is 0 Å². The summed E-state index contributed by atoms with van der Waals surface area (Å²) < 4.78 is 52.3. The Hall–Kier alpha value is -1.50. The number of hydrogen-bond acceptors (Lipinski definition) is 5. The highest BCUT2D eigenvalue weighted by Gasteiger charge is 2.40. The van der Waals surface area contributed by atoms with E-state index in [9.17, 15) is 13.0 Å². The molecule has 0 aliphatic heterocycles. The van der Waals surface area contributed by atoms with E-state index < -0.39 is 23.4 Å². The zero-order chi connectivity index (χ0) is 19.2. The second-order valence-electron chi connectivity index (χ2n) is 5.62. The second kappa shape index (κ2) is 8.93. The molecular weight excluding hydrogens is 373 g/mol. The third-order valence-corrected chi connectivity index (χ3v) is 7.56. The SMILES string of the molecule is CCOP(=O)(OCC)[C@H](NS(=O)(=O)c1ccc(C)cc1)c1ccccc1. The number of hydrogen-bond donors (Lipinski definition) is 1. The molecule has 0 aliphatic rings. The highest BCUT2D eigenvalue weighted by atomic mass is 32.2. The molecular formula is C18H24NO5PS. The molecule has 2 rings (SSSR count). The van der Waals surface area contributed by atoms with Crippen LogP contribution in [-0.4, -0.2) is 21.6 Å². The number of benzene rings is 2. The van der Waals surface area contributed by atoms with E-state index in [0.29, 0.717) is 5.56 Å². The van der Waals surface area contributed by atoms with Gasteiger partial charge < -0.3 is 9.05 Å².